The zero-order valence-corrected chi connectivity index (χ0v) is 11.6. The van der Waals surface area contributed by atoms with Gasteiger partial charge < -0.3 is 5.73 Å². The summed E-state index contributed by atoms with van der Waals surface area (Å²) < 4.78 is 0. The van der Waals surface area contributed by atoms with E-state index in [0.29, 0.717) is 5.92 Å². The Bertz CT molecular complexity index is 365. The van der Waals surface area contributed by atoms with E-state index in [0.717, 1.165) is 13.1 Å². The third-order valence-corrected chi connectivity index (χ3v) is 4.67. The highest BCUT2D eigenvalue weighted by Gasteiger charge is 2.40. The number of nitrogens with two attached hydrogens (primary N) is 1. The van der Waals surface area contributed by atoms with Gasteiger partial charge >= 0.3 is 0 Å². The highest BCUT2D eigenvalue weighted by molar-refractivity contribution is 5.10. The minimum atomic E-state index is 0.175. The van der Waals surface area contributed by atoms with Crippen LogP contribution < -0.4 is 5.73 Å². The first-order valence-corrected chi connectivity index (χ1v) is 6.99. The first-order valence-electron chi connectivity index (χ1n) is 6.99. The molecule has 1 fully saturated rings. The highest BCUT2D eigenvalue weighted by atomic mass is 15.2. The average molecular weight is 247 g/mol. The summed E-state index contributed by atoms with van der Waals surface area (Å²) in [5.41, 5.74) is 7.57. The van der Waals surface area contributed by atoms with Gasteiger partial charge in [-0.25, -0.2) is 0 Å². The summed E-state index contributed by atoms with van der Waals surface area (Å²) in [4.78, 5) is 6.64. The van der Waals surface area contributed by atoms with Crippen LogP contribution in [0.4, 0.5) is 0 Å². The number of nitrogens with zero attached hydrogens (tertiary/aromatic N) is 2. The Morgan fingerprint density at radius 3 is 2.94 bits per heavy atom. The van der Waals surface area contributed by atoms with E-state index in [2.05, 4.69) is 29.9 Å². The maximum Gasteiger partial charge on any atom is 0.0357 e. The van der Waals surface area contributed by atoms with Crippen LogP contribution in [0.3, 0.4) is 0 Å². The molecule has 0 radical (unpaired) electrons. The Morgan fingerprint density at radius 2 is 2.33 bits per heavy atom. The fourth-order valence-electron chi connectivity index (χ4n) is 3.35. The third-order valence-electron chi connectivity index (χ3n) is 4.67. The van der Waals surface area contributed by atoms with E-state index in [1.165, 1.54) is 31.2 Å². The first-order chi connectivity index (χ1) is 8.69. The van der Waals surface area contributed by atoms with E-state index in [1.807, 2.05) is 18.5 Å². The summed E-state index contributed by atoms with van der Waals surface area (Å²) in [6.07, 6.45) is 8.96. The van der Waals surface area contributed by atoms with Crippen molar-refractivity contribution in [2.45, 2.75) is 44.7 Å². The van der Waals surface area contributed by atoms with Crippen LogP contribution >= 0.6 is 0 Å². The van der Waals surface area contributed by atoms with Gasteiger partial charge in [0.2, 0.25) is 0 Å². The van der Waals surface area contributed by atoms with Crippen molar-refractivity contribution >= 4 is 0 Å². The van der Waals surface area contributed by atoms with Crippen molar-refractivity contribution in [2.24, 2.45) is 11.7 Å². The molecule has 3 heteroatoms. The number of hydrogen-bond donors (Lipinski definition) is 1. The Labute approximate surface area is 110 Å². The lowest BCUT2D eigenvalue weighted by Gasteiger charge is -2.48. The lowest BCUT2D eigenvalue weighted by molar-refractivity contribution is 0.0278. The summed E-state index contributed by atoms with van der Waals surface area (Å²) >= 11 is 0. The minimum Gasteiger partial charge on any atom is -0.329 e. The van der Waals surface area contributed by atoms with Gasteiger partial charge in [-0.15, -0.1) is 0 Å². The number of rotatable bonds is 4. The normalized spacial score (nSPS) is 28.6. The molecular formula is C15H25N3. The second-order valence-electron chi connectivity index (χ2n) is 5.67. The predicted octanol–water partition coefficient (Wildman–Crippen LogP) is 2.42. The molecule has 1 aliphatic carbocycles. The summed E-state index contributed by atoms with van der Waals surface area (Å²) in [5.74, 6) is 0.679. The topological polar surface area (TPSA) is 42.1 Å². The summed E-state index contributed by atoms with van der Waals surface area (Å²) in [6.45, 7) is 4.05. The Kier molecular flexibility index (Phi) is 4.36. The van der Waals surface area contributed by atoms with Crippen LogP contribution in [0.1, 0.15) is 38.2 Å². The molecule has 18 heavy (non-hydrogen) atoms. The van der Waals surface area contributed by atoms with E-state index in [9.17, 15) is 0 Å². The fourth-order valence-corrected chi connectivity index (χ4v) is 3.35. The van der Waals surface area contributed by atoms with Gasteiger partial charge in [0.25, 0.3) is 0 Å². The molecule has 0 amide bonds. The molecule has 0 bridgehead atoms. The molecule has 1 saturated carbocycles. The van der Waals surface area contributed by atoms with Crippen molar-refractivity contribution in [1.29, 1.82) is 0 Å². The largest absolute Gasteiger partial charge is 0.329 e. The molecule has 0 aliphatic heterocycles. The Morgan fingerprint density at radius 1 is 1.50 bits per heavy atom. The molecule has 1 aliphatic rings. The van der Waals surface area contributed by atoms with Crippen molar-refractivity contribution < 1.29 is 0 Å². The molecular weight excluding hydrogens is 222 g/mol. The smallest absolute Gasteiger partial charge is 0.0357 e. The van der Waals surface area contributed by atoms with Gasteiger partial charge in [0, 0.05) is 31.0 Å². The van der Waals surface area contributed by atoms with Crippen LogP contribution in [-0.2, 0) is 6.54 Å². The molecule has 0 aromatic carbocycles. The van der Waals surface area contributed by atoms with E-state index >= 15 is 0 Å². The van der Waals surface area contributed by atoms with Gasteiger partial charge in [-0.2, -0.15) is 0 Å². The minimum absolute atomic E-state index is 0.175. The molecule has 2 rings (SSSR count). The zero-order valence-electron chi connectivity index (χ0n) is 11.6. The first kappa shape index (κ1) is 13.5. The van der Waals surface area contributed by atoms with Crippen LogP contribution in [0.2, 0.25) is 0 Å². The van der Waals surface area contributed by atoms with E-state index in [1.54, 1.807) is 0 Å². The fraction of sp³-hybridized carbons (Fsp3) is 0.667. The molecule has 1 heterocycles. The monoisotopic (exact) mass is 247 g/mol. The standard InChI is InChI=1S/C15H25N3/c1-13-6-3-4-8-15(13,12-16)18(2)11-14-7-5-9-17-10-14/h5,7,9-10,13H,3-4,6,8,11-12,16H2,1-2H3. The maximum absolute atomic E-state index is 6.13. The van der Waals surface area contributed by atoms with Crippen molar-refractivity contribution in [2.75, 3.05) is 13.6 Å². The van der Waals surface area contributed by atoms with E-state index in [-0.39, 0.29) is 5.54 Å². The van der Waals surface area contributed by atoms with Gasteiger partial charge in [0.1, 0.15) is 0 Å². The highest BCUT2D eigenvalue weighted by Crippen LogP contribution is 2.37. The molecule has 100 valence electrons. The lowest BCUT2D eigenvalue weighted by atomic mass is 9.72. The second-order valence-corrected chi connectivity index (χ2v) is 5.67. The van der Waals surface area contributed by atoms with Crippen LogP contribution in [0.15, 0.2) is 24.5 Å². The molecule has 0 saturated heterocycles. The zero-order chi connectivity index (χ0) is 13.0. The van der Waals surface area contributed by atoms with Crippen LogP contribution in [0.25, 0.3) is 0 Å². The number of likely N-dealkylation sites (N-methyl/N-ethyl adjacent to an activating group) is 1. The molecule has 1 aromatic heterocycles. The predicted molar refractivity (Wildman–Crippen MR) is 75.1 cm³/mol. The maximum atomic E-state index is 6.13. The molecule has 2 atom stereocenters. The van der Waals surface area contributed by atoms with Crippen molar-refractivity contribution in [3.8, 4) is 0 Å². The van der Waals surface area contributed by atoms with Crippen molar-refractivity contribution in [3.05, 3.63) is 30.1 Å². The van der Waals surface area contributed by atoms with E-state index in [4.69, 9.17) is 5.73 Å². The average Bonchev–Trinajstić information content (AvgIpc) is 2.40. The lowest BCUT2D eigenvalue weighted by Crippen LogP contribution is -2.57. The van der Waals surface area contributed by atoms with Gasteiger partial charge in [-0.05, 0) is 37.4 Å². The summed E-state index contributed by atoms with van der Waals surface area (Å²) in [5, 5.41) is 0. The summed E-state index contributed by atoms with van der Waals surface area (Å²) in [6, 6.07) is 4.14. The van der Waals surface area contributed by atoms with Crippen LogP contribution in [0.5, 0.6) is 0 Å². The van der Waals surface area contributed by atoms with Gasteiger partial charge in [0.05, 0.1) is 0 Å². The quantitative estimate of drug-likeness (QED) is 0.888. The van der Waals surface area contributed by atoms with Crippen LogP contribution in [-0.4, -0.2) is 29.0 Å². The second kappa shape index (κ2) is 5.81. The van der Waals surface area contributed by atoms with Gasteiger partial charge in [-0.3, -0.25) is 9.88 Å². The number of aromatic nitrogens is 1. The third kappa shape index (κ3) is 2.57. The molecule has 1 aromatic rings. The Hall–Kier alpha value is -0.930. The Balaban J connectivity index is 2.12. The van der Waals surface area contributed by atoms with E-state index < -0.39 is 0 Å². The molecule has 3 nitrogen and oxygen atoms in total. The summed E-state index contributed by atoms with van der Waals surface area (Å²) in [7, 11) is 2.21. The van der Waals surface area contributed by atoms with Gasteiger partial charge in [0.15, 0.2) is 0 Å². The van der Waals surface area contributed by atoms with Gasteiger partial charge in [-0.1, -0.05) is 25.8 Å². The van der Waals surface area contributed by atoms with Crippen LogP contribution in [0, 0.1) is 5.92 Å². The van der Waals surface area contributed by atoms with Crippen molar-refractivity contribution in [3.63, 3.8) is 0 Å². The molecule has 2 N–H and O–H groups in total. The molecule has 0 spiro atoms. The number of pyridine rings is 1. The van der Waals surface area contributed by atoms with Crippen molar-refractivity contribution in [1.82, 2.24) is 9.88 Å². The number of hydrogen-bond acceptors (Lipinski definition) is 3. The SMILES string of the molecule is CC1CCCCC1(CN)N(C)Cc1cccnc1. The molecule has 2 unspecified atom stereocenters.